The van der Waals surface area contributed by atoms with E-state index in [1.165, 1.54) is 34.8 Å². The Kier molecular flexibility index (Phi) is 10.2. The number of carbonyl (C=O) groups is 4. The van der Waals surface area contributed by atoms with Gasteiger partial charge in [0.05, 0.1) is 23.3 Å². The minimum absolute atomic E-state index is 0.0332. The van der Waals surface area contributed by atoms with Gasteiger partial charge in [-0.05, 0) is 102 Å². The fourth-order valence-corrected chi connectivity index (χ4v) is 8.21. The molecule has 0 radical (unpaired) electrons. The van der Waals surface area contributed by atoms with Gasteiger partial charge in [0, 0.05) is 9.75 Å². The molecule has 0 spiro atoms. The van der Waals surface area contributed by atoms with Gasteiger partial charge in [0.15, 0.2) is 0 Å². The molecule has 0 saturated carbocycles. The topological polar surface area (TPSA) is 124 Å². The highest BCUT2D eigenvalue weighted by molar-refractivity contribution is 7.17. The highest BCUT2D eigenvalue weighted by Crippen LogP contribution is 2.39. The van der Waals surface area contributed by atoms with Crippen molar-refractivity contribution in [1.29, 1.82) is 0 Å². The smallest absolute Gasteiger partial charge is 0.341 e. The average molecular weight is 638 g/mol. The van der Waals surface area contributed by atoms with Crippen LogP contribution in [0.25, 0.3) is 0 Å². The lowest BCUT2D eigenvalue weighted by molar-refractivity contribution is 0.0367. The number of nitrogens with zero attached hydrogens (tertiary/aromatic N) is 1. The number of aromatic nitrogens is 1. The van der Waals surface area contributed by atoms with Crippen LogP contribution < -0.4 is 10.6 Å². The van der Waals surface area contributed by atoms with Crippen molar-refractivity contribution in [3.8, 4) is 0 Å². The van der Waals surface area contributed by atoms with E-state index in [0.717, 1.165) is 85.1 Å². The minimum Gasteiger partial charge on any atom is -0.459 e. The maximum Gasteiger partial charge on any atom is 0.341 e. The van der Waals surface area contributed by atoms with Crippen molar-refractivity contribution in [2.24, 2.45) is 0 Å². The van der Waals surface area contributed by atoms with Gasteiger partial charge in [-0.1, -0.05) is 18.9 Å². The van der Waals surface area contributed by atoms with E-state index in [9.17, 15) is 19.2 Å². The number of thiophene rings is 2. The van der Waals surface area contributed by atoms with E-state index in [4.69, 9.17) is 9.47 Å². The second-order valence-electron chi connectivity index (χ2n) is 11.8. The Morgan fingerprint density at radius 2 is 1.07 bits per heavy atom. The Bertz CT molecular complexity index is 1460. The van der Waals surface area contributed by atoms with Crippen molar-refractivity contribution in [1.82, 2.24) is 4.98 Å². The van der Waals surface area contributed by atoms with Gasteiger partial charge in [-0.15, -0.1) is 22.7 Å². The summed E-state index contributed by atoms with van der Waals surface area (Å²) in [5.74, 6) is -1.95. The molecular formula is C33H39N3O6S2. The van der Waals surface area contributed by atoms with E-state index in [1.54, 1.807) is 33.8 Å². The second kappa shape index (κ2) is 14.0. The predicted molar refractivity (Wildman–Crippen MR) is 172 cm³/mol. The molecule has 234 valence electrons. The third-order valence-electron chi connectivity index (χ3n) is 7.60. The number of nitrogens with one attached hydrogen (secondary N) is 2. The van der Waals surface area contributed by atoms with Crippen LogP contribution in [0.4, 0.5) is 10.0 Å². The quantitative estimate of drug-likeness (QED) is 0.195. The average Bonchev–Trinajstić information content (AvgIpc) is 3.25. The molecule has 3 aromatic heterocycles. The zero-order chi connectivity index (χ0) is 31.4. The summed E-state index contributed by atoms with van der Waals surface area (Å²) in [6, 6.07) is 4.64. The number of rotatable bonds is 8. The molecule has 11 heteroatoms. The van der Waals surface area contributed by atoms with E-state index < -0.39 is 23.8 Å². The third kappa shape index (κ3) is 7.21. The van der Waals surface area contributed by atoms with Crippen molar-refractivity contribution >= 4 is 56.4 Å². The first-order chi connectivity index (χ1) is 21.1. The first-order valence-corrected chi connectivity index (χ1v) is 17.1. The van der Waals surface area contributed by atoms with Crippen LogP contribution in [-0.2, 0) is 35.2 Å². The molecule has 0 aromatic carbocycles. The largest absolute Gasteiger partial charge is 0.459 e. The molecule has 44 heavy (non-hydrogen) atoms. The van der Waals surface area contributed by atoms with Crippen molar-refractivity contribution in [2.75, 3.05) is 10.6 Å². The van der Waals surface area contributed by atoms with Gasteiger partial charge >= 0.3 is 11.9 Å². The van der Waals surface area contributed by atoms with Gasteiger partial charge in [0.1, 0.15) is 21.4 Å². The predicted octanol–water partition coefficient (Wildman–Crippen LogP) is 7.38. The summed E-state index contributed by atoms with van der Waals surface area (Å²) in [5, 5.41) is 6.65. The molecule has 5 rings (SSSR count). The Morgan fingerprint density at radius 1 is 0.659 bits per heavy atom. The monoisotopic (exact) mass is 637 g/mol. The Hall–Kier alpha value is -3.57. The molecule has 0 atom stereocenters. The number of amides is 2. The summed E-state index contributed by atoms with van der Waals surface area (Å²) < 4.78 is 11.1. The van der Waals surface area contributed by atoms with Crippen LogP contribution in [0.15, 0.2) is 18.2 Å². The number of hydrogen-bond acceptors (Lipinski definition) is 9. The number of anilines is 2. The van der Waals surface area contributed by atoms with E-state index in [0.29, 0.717) is 21.1 Å². The summed E-state index contributed by atoms with van der Waals surface area (Å²) in [7, 11) is 0. The zero-order valence-electron chi connectivity index (χ0n) is 25.7. The van der Waals surface area contributed by atoms with Crippen LogP contribution in [0.5, 0.6) is 0 Å². The number of carbonyl (C=O) groups excluding carboxylic acids is 4. The van der Waals surface area contributed by atoms with Gasteiger partial charge in [0.2, 0.25) is 0 Å². The molecule has 9 nitrogen and oxygen atoms in total. The fraction of sp³-hybridized carbons (Fsp3) is 0.485. The number of pyridine rings is 1. The maximum atomic E-state index is 13.4. The highest BCUT2D eigenvalue weighted by atomic mass is 32.1. The van der Waals surface area contributed by atoms with Crippen LogP contribution in [0.3, 0.4) is 0 Å². The molecule has 0 fully saturated rings. The third-order valence-corrected chi connectivity index (χ3v) is 10.0. The van der Waals surface area contributed by atoms with Gasteiger partial charge in [-0.3, -0.25) is 9.59 Å². The van der Waals surface area contributed by atoms with Crippen LogP contribution in [0.2, 0.25) is 0 Å². The molecule has 0 bridgehead atoms. The second-order valence-corrected chi connectivity index (χ2v) is 14.0. The van der Waals surface area contributed by atoms with Crippen LogP contribution in [-0.4, -0.2) is 40.9 Å². The normalized spacial score (nSPS) is 14.7. The SMILES string of the molecule is CC(C)OC(=O)c1c(NC(=O)c2cccc(C(=O)Nc3sc4c(c3C(=O)OC(C)C)CCCCC4)n2)sc2c1CCCCC2. The van der Waals surface area contributed by atoms with Gasteiger partial charge in [0.25, 0.3) is 11.8 Å². The number of hydrogen-bond donors (Lipinski definition) is 2. The first-order valence-electron chi connectivity index (χ1n) is 15.4. The molecular weight excluding hydrogens is 599 g/mol. The molecule has 2 amide bonds. The molecule has 2 aliphatic carbocycles. The number of fused-ring (bicyclic) bond motifs is 2. The summed E-state index contributed by atoms with van der Waals surface area (Å²) in [4.78, 5) is 59.6. The van der Waals surface area contributed by atoms with Crippen LogP contribution in [0.1, 0.15) is 129 Å². The van der Waals surface area contributed by atoms with E-state index in [-0.39, 0.29) is 23.6 Å². The first kappa shape index (κ1) is 31.8. The van der Waals surface area contributed by atoms with E-state index in [2.05, 4.69) is 15.6 Å². The summed E-state index contributed by atoms with van der Waals surface area (Å²) in [5.41, 5.74) is 2.81. The molecule has 2 N–H and O–H groups in total. The van der Waals surface area contributed by atoms with Gasteiger partial charge in [-0.2, -0.15) is 0 Å². The number of esters is 2. The Balaban J connectivity index is 1.39. The molecule has 0 saturated heterocycles. The molecule has 0 unspecified atom stereocenters. The summed E-state index contributed by atoms with van der Waals surface area (Å²) in [6.45, 7) is 7.19. The highest BCUT2D eigenvalue weighted by Gasteiger charge is 2.29. The van der Waals surface area contributed by atoms with Gasteiger partial charge < -0.3 is 20.1 Å². The van der Waals surface area contributed by atoms with Crippen LogP contribution in [0, 0.1) is 0 Å². The molecule has 0 aliphatic heterocycles. The van der Waals surface area contributed by atoms with E-state index in [1.807, 2.05) is 0 Å². The molecule has 3 aromatic rings. The summed E-state index contributed by atoms with van der Waals surface area (Å²) in [6.07, 6.45) is 8.83. The van der Waals surface area contributed by atoms with E-state index >= 15 is 0 Å². The standard InChI is InChI=1S/C33H39N3O6S2/c1-18(2)41-32(39)26-20-12-7-5-9-16-24(20)43-30(26)35-28(37)22-14-11-15-23(34-22)29(38)36-31-27(33(40)42-19(3)4)21-13-8-6-10-17-25(21)44-31/h11,14-15,18-19H,5-10,12-13,16-17H2,1-4H3,(H,35,37)(H,36,38). The number of aryl methyl sites for hydroxylation is 2. The lowest BCUT2D eigenvalue weighted by Crippen LogP contribution is -2.21. The van der Waals surface area contributed by atoms with Crippen molar-refractivity contribution in [3.63, 3.8) is 0 Å². The zero-order valence-corrected chi connectivity index (χ0v) is 27.3. The molecule has 2 aliphatic rings. The Morgan fingerprint density at radius 3 is 1.48 bits per heavy atom. The van der Waals surface area contributed by atoms with Crippen molar-refractivity contribution < 1.29 is 28.7 Å². The van der Waals surface area contributed by atoms with Crippen molar-refractivity contribution in [3.05, 3.63) is 61.6 Å². The molecule has 3 heterocycles. The van der Waals surface area contributed by atoms with Crippen molar-refractivity contribution in [2.45, 2.75) is 104 Å². The minimum atomic E-state index is -0.529. The lowest BCUT2D eigenvalue weighted by atomic mass is 10.1. The Labute approximate surface area is 265 Å². The van der Waals surface area contributed by atoms with Crippen LogP contribution >= 0.6 is 22.7 Å². The summed E-state index contributed by atoms with van der Waals surface area (Å²) >= 11 is 2.81. The fourth-order valence-electron chi connectivity index (χ4n) is 5.66. The maximum absolute atomic E-state index is 13.4. The van der Waals surface area contributed by atoms with Gasteiger partial charge in [-0.25, -0.2) is 14.6 Å². The number of ether oxygens (including phenoxy) is 2. The lowest BCUT2D eigenvalue weighted by Gasteiger charge is -2.12.